The van der Waals surface area contributed by atoms with E-state index >= 15 is 0 Å². The van der Waals surface area contributed by atoms with Crippen LogP contribution in [-0.2, 0) is 0 Å². The molecular weight excluding hydrogens is 135 g/mol. The quantitative estimate of drug-likeness (QED) is 0.449. The molecule has 0 radical (unpaired) electrons. The van der Waals surface area contributed by atoms with Gasteiger partial charge in [-0.2, -0.15) is 0 Å². The van der Waals surface area contributed by atoms with Crippen LogP contribution < -0.4 is 0 Å². The van der Waals surface area contributed by atoms with Crippen molar-refractivity contribution in [3.05, 3.63) is 0 Å². The second-order valence-corrected chi connectivity index (χ2v) is 6.90. The third-order valence-electron chi connectivity index (χ3n) is 0. The molecular formula is C2H6F2Ge. The summed E-state index contributed by atoms with van der Waals surface area (Å²) in [5.41, 5.74) is 0. The average molecular weight is 141 g/mol. The fraction of sp³-hybridized carbons (Fsp3) is 1.00. The molecule has 0 unspecified atom stereocenters. The van der Waals surface area contributed by atoms with Gasteiger partial charge in [0, 0.05) is 0 Å². The Morgan fingerprint density at radius 2 is 1.20 bits per heavy atom. The Morgan fingerprint density at radius 3 is 1.20 bits per heavy atom. The van der Waals surface area contributed by atoms with Crippen molar-refractivity contribution < 1.29 is 7.00 Å². The van der Waals surface area contributed by atoms with E-state index < -0.39 is 14.2 Å². The molecule has 0 bridgehead atoms. The summed E-state index contributed by atoms with van der Waals surface area (Å²) in [7, 11) is 0. The van der Waals surface area contributed by atoms with Crippen LogP contribution in [0.1, 0.15) is 0 Å². The van der Waals surface area contributed by atoms with Crippen molar-refractivity contribution in [1.82, 2.24) is 0 Å². The summed E-state index contributed by atoms with van der Waals surface area (Å²) in [5, 5.41) is 0. The SMILES string of the molecule is [CH3][Ge]([CH3])([F])[F]. The van der Waals surface area contributed by atoms with Crippen molar-refractivity contribution in [2.75, 3.05) is 0 Å². The van der Waals surface area contributed by atoms with Crippen LogP contribution in [0.5, 0.6) is 0 Å². The van der Waals surface area contributed by atoms with Gasteiger partial charge < -0.3 is 0 Å². The molecule has 0 aliphatic heterocycles. The number of hydrogen-bond donors (Lipinski definition) is 0. The van der Waals surface area contributed by atoms with Gasteiger partial charge in [-0.05, 0) is 0 Å². The van der Waals surface area contributed by atoms with E-state index in [1.807, 2.05) is 0 Å². The Labute approximate surface area is 33.5 Å². The van der Waals surface area contributed by atoms with Gasteiger partial charge in [0.25, 0.3) is 0 Å². The third-order valence-corrected chi connectivity index (χ3v) is 0. The van der Waals surface area contributed by atoms with E-state index in [2.05, 4.69) is 0 Å². The predicted molar refractivity (Wildman–Crippen MR) is 19.7 cm³/mol. The second-order valence-electron chi connectivity index (χ2n) is 1.33. The minimum atomic E-state index is -4.00. The van der Waals surface area contributed by atoms with Crippen molar-refractivity contribution in [3.63, 3.8) is 0 Å². The first-order chi connectivity index (χ1) is 2.00. The molecule has 0 aromatic heterocycles. The Balaban J connectivity index is 3.02. The van der Waals surface area contributed by atoms with Crippen LogP contribution in [0.4, 0.5) is 7.00 Å². The molecule has 0 aliphatic rings. The van der Waals surface area contributed by atoms with Gasteiger partial charge in [-0.1, -0.05) is 0 Å². The summed E-state index contributed by atoms with van der Waals surface area (Å²) in [6.45, 7) is 0. The van der Waals surface area contributed by atoms with Crippen LogP contribution >= 0.6 is 0 Å². The second kappa shape index (κ2) is 1.24. The van der Waals surface area contributed by atoms with Crippen molar-refractivity contribution >= 4 is 14.2 Å². The summed E-state index contributed by atoms with van der Waals surface area (Å²) >= 11 is -4.00. The molecule has 0 aromatic carbocycles. The predicted octanol–water partition coefficient (Wildman–Crippen LogP) is 1.63. The van der Waals surface area contributed by atoms with Crippen LogP contribution in [0.2, 0.25) is 11.5 Å². The van der Waals surface area contributed by atoms with Gasteiger partial charge in [-0.15, -0.1) is 0 Å². The van der Waals surface area contributed by atoms with Crippen LogP contribution in [0.25, 0.3) is 0 Å². The van der Waals surface area contributed by atoms with Gasteiger partial charge in [0.05, 0.1) is 0 Å². The topological polar surface area (TPSA) is 0 Å². The van der Waals surface area contributed by atoms with E-state index in [-0.39, 0.29) is 0 Å². The van der Waals surface area contributed by atoms with Crippen molar-refractivity contribution in [3.8, 4) is 0 Å². The van der Waals surface area contributed by atoms with E-state index in [1.165, 1.54) is 0 Å². The molecule has 0 saturated heterocycles. The molecule has 0 N–H and O–H groups in total. The first-order valence-corrected chi connectivity index (χ1v) is 7.16. The molecule has 0 fully saturated rings. The van der Waals surface area contributed by atoms with Gasteiger partial charge in [0.1, 0.15) is 0 Å². The zero-order valence-electron chi connectivity index (χ0n) is 3.26. The molecule has 0 aromatic rings. The Morgan fingerprint density at radius 1 is 1.20 bits per heavy atom. The monoisotopic (exact) mass is 142 g/mol. The van der Waals surface area contributed by atoms with Crippen molar-refractivity contribution in [2.45, 2.75) is 11.5 Å². The molecule has 0 heterocycles. The van der Waals surface area contributed by atoms with E-state index in [0.29, 0.717) is 0 Å². The van der Waals surface area contributed by atoms with E-state index in [1.54, 1.807) is 0 Å². The molecule has 0 aliphatic carbocycles. The van der Waals surface area contributed by atoms with E-state index in [0.717, 1.165) is 11.5 Å². The molecule has 0 rings (SSSR count). The molecule has 0 nitrogen and oxygen atoms in total. The molecule has 5 heavy (non-hydrogen) atoms. The molecule has 3 heteroatoms. The summed E-state index contributed by atoms with van der Waals surface area (Å²) in [6, 6.07) is 0. The van der Waals surface area contributed by atoms with Gasteiger partial charge in [0.2, 0.25) is 0 Å². The molecule has 0 atom stereocenters. The maximum atomic E-state index is 11.2. The summed E-state index contributed by atoms with van der Waals surface area (Å²) in [5.74, 6) is 2.08. The fourth-order valence-electron chi connectivity index (χ4n) is 0. The van der Waals surface area contributed by atoms with Crippen LogP contribution in [0.3, 0.4) is 0 Å². The average Bonchev–Trinajstić information content (AvgIpc) is 0.722. The number of halogens is 2. The van der Waals surface area contributed by atoms with Gasteiger partial charge in [-0.25, -0.2) is 0 Å². The van der Waals surface area contributed by atoms with Crippen molar-refractivity contribution in [2.24, 2.45) is 0 Å². The molecule has 0 spiro atoms. The third kappa shape index (κ3) is 157. The zero-order valence-corrected chi connectivity index (χ0v) is 5.35. The number of rotatable bonds is 0. The van der Waals surface area contributed by atoms with Gasteiger partial charge in [0.15, 0.2) is 0 Å². The maximum absolute atomic E-state index is 11.2. The number of hydrogen-bond acceptors (Lipinski definition) is 0. The van der Waals surface area contributed by atoms with Crippen LogP contribution in [0, 0.1) is 0 Å². The summed E-state index contributed by atoms with van der Waals surface area (Å²) in [4.78, 5) is 0. The first-order valence-electron chi connectivity index (χ1n) is 1.38. The van der Waals surface area contributed by atoms with Crippen LogP contribution in [-0.4, -0.2) is 14.2 Å². The molecule has 0 amide bonds. The Kier molecular flexibility index (Phi) is 1.34. The fourth-order valence-corrected chi connectivity index (χ4v) is 0. The zero-order chi connectivity index (χ0) is 4.50. The van der Waals surface area contributed by atoms with Crippen LogP contribution in [0.15, 0.2) is 0 Å². The Hall–Kier alpha value is 0.403. The van der Waals surface area contributed by atoms with Crippen molar-refractivity contribution in [1.29, 1.82) is 0 Å². The van der Waals surface area contributed by atoms with Gasteiger partial charge >= 0.3 is 32.7 Å². The van der Waals surface area contributed by atoms with E-state index in [4.69, 9.17) is 0 Å². The van der Waals surface area contributed by atoms with Gasteiger partial charge in [-0.3, -0.25) is 0 Å². The van der Waals surface area contributed by atoms with E-state index in [9.17, 15) is 7.00 Å². The summed E-state index contributed by atoms with van der Waals surface area (Å²) < 4.78 is 22.4. The normalized spacial score (nSPS) is 12.0. The minimum absolute atomic E-state index is 1.04. The first kappa shape index (κ1) is 5.40. The summed E-state index contributed by atoms with van der Waals surface area (Å²) in [6.07, 6.45) is 0. The Bertz CT molecular complexity index is 23.1. The molecule has 0 saturated carbocycles. The standard InChI is InChI=1S/C2H6F2Ge/c1-5(2,3)4/h1-2H3. The molecule has 32 valence electrons.